The van der Waals surface area contributed by atoms with Gasteiger partial charge in [0.15, 0.2) is 5.78 Å². The summed E-state index contributed by atoms with van der Waals surface area (Å²) >= 11 is 17.9. The number of carbonyl (C=O) groups excluding carboxylic acids is 1. The topological polar surface area (TPSA) is 61.4 Å². The van der Waals surface area contributed by atoms with Gasteiger partial charge in [0.2, 0.25) is 0 Å². The summed E-state index contributed by atoms with van der Waals surface area (Å²) in [5.41, 5.74) is 0.769. The molecule has 0 fully saturated rings. The molecule has 1 rings (SSSR count). The SMILES string of the molecule is CC(C)(C)NCC(=O)c1cc(Cl)c(NCC(O)CCl)c(Cl)c1. The van der Waals surface area contributed by atoms with Crippen molar-refractivity contribution in [3.63, 3.8) is 0 Å². The van der Waals surface area contributed by atoms with Crippen molar-refractivity contribution in [3.05, 3.63) is 27.7 Å². The van der Waals surface area contributed by atoms with Gasteiger partial charge in [0, 0.05) is 17.6 Å². The van der Waals surface area contributed by atoms with Crippen LogP contribution in [0.25, 0.3) is 0 Å². The molecule has 0 spiro atoms. The van der Waals surface area contributed by atoms with Gasteiger partial charge in [-0.1, -0.05) is 23.2 Å². The largest absolute Gasteiger partial charge is 0.390 e. The quantitative estimate of drug-likeness (QED) is 0.509. The number of Topliss-reactive ketones (excluding diaryl/α,β-unsaturated/α-hetero) is 1. The van der Waals surface area contributed by atoms with Gasteiger partial charge in [-0.05, 0) is 32.9 Å². The van der Waals surface area contributed by atoms with Gasteiger partial charge in [-0.25, -0.2) is 0 Å². The monoisotopic (exact) mass is 366 g/mol. The number of hydrogen-bond donors (Lipinski definition) is 3. The second-order valence-electron chi connectivity index (χ2n) is 6.03. The number of carbonyl (C=O) groups is 1. The standard InChI is InChI=1S/C15H21Cl3N2O2/c1-15(2,3)20-8-13(22)9-4-11(17)14(12(18)5-9)19-7-10(21)6-16/h4-5,10,19-21H,6-8H2,1-3H3. The van der Waals surface area contributed by atoms with Crippen LogP contribution >= 0.6 is 34.8 Å². The number of alkyl halides is 1. The zero-order valence-corrected chi connectivity index (χ0v) is 15.1. The molecular formula is C15H21Cl3N2O2. The number of hydrogen-bond acceptors (Lipinski definition) is 4. The van der Waals surface area contributed by atoms with Crippen molar-refractivity contribution in [1.29, 1.82) is 0 Å². The maximum absolute atomic E-state index is 12.2. The minimum absolute atomic E-state index is 0.0916. The van der Waals surface area contributed by atoms with Gasteiger partial charge in [-0.15, -0.1) is 11.6 Å². The van der Waals surface area contributed by atoms with Crippen LogP contribution in [0, 0.1) is 0 Å². The summed E-state index contributed by atoms with van der Waals surface area (Å²) in [5, 5.41) is 16.2. The van der Waals surface area contributed by atoms with Crippen molar-refractivity contribution in [2.45, 2.75) is 32.4 Å². The number of benzene rings is 1. The Morgan fingerprint density at radius 1 is 1.27 bits per heavy atom. The van der Waals surface area contributed by atoms with Gasteiger partial charge in [-0.2, -0.15) is 0 Å². The van der Waals surface area contributed by atoms with Crippen LogP contribution in [0.1, 0.15) is 31.1 Å². The van der Waals surface area contributed by atoms with Crippen LogP contribution in [-0.4, -0.2) is 41.5 Å². The van der Waals surface area contributed by atoms with E-state index in [0.29, 0.717) is 21.3 Å². The van der Waals surface area contributed by atoms with E-state index in [4.69, 9.17) is 34.8 Å². The van der Waals surface area contributed by atoms with Gasteiger partial charge in [0.05, 0.1) is 34.3 Å². The molecule has 1 aromatic rings. The third-order valence-electron chi connectivity index (χ3n) is 2.84. The summed E-state index contributed by atoms with van der Waals surface area (Å²) < 4.78 is 0. The maximum Gasteiger partial charge on any atom is 0.176 e. The van der Waals surface area contributed by atoms with Crippen LogP contribution in [0.3, 0.4) is 0 Å². The summed E-state index contributed by atoms with van der Waals surface area (Å²) in [6.45, 7) is 6.37. The average Bonchev–Trinajstić information content (AvgIpc) is 2.42. The molecule has 1 atom stereocenters. The molecule has 0 aromatic heterocycles. The minimum atomic E-state index is -0.703. The van der Waals surface area contributed by atoms with E-state index < -0.39 is 6.10 Å². The maximum atomic E-state index is 12.2. The Hall–Kier alpha value is -0.520. The van der Waals surface area contributed by atoms with Crippen molar-refractivity contribution < 1.29 is 9.90 Å². The van der Waals surface area contributed by atoms with E-state index in [1.807, 2.05) is 20.8 Å². The molecule has 0 saturated heterocycles. The van der Waals surface area contributed by atoms with E-state index in [-0.39, 0.29) is 30.3 Å². The second-order valence-corrected chi connectivity index (χ2v) is 7.15. The molecule has 0 amide bonds. The Morgan fingerprint density at radius 2 is 1.82 bits per heavy atom. The number of ketones is 1. The predicted molar refractivity (Wildman–Crippen MR) is 93.8 cm³/mol. The molecule has 1 aromatic carbocycles. The van der Waals surface area contributed by atoms with E-state index in [2.05, 4.69) is 10.6 Å². The van der Waals surface area contributed by atoms with E-state index in [9.17, 15) is 9.90 Å². The molecule has 0 aliphatic carbocycles. The van der Waals surface area contributed by atoms with Gasteiger partial charge >= 0.3 is 0 Å². The number of anilines is 1. The van der Waals surface area contributed by atoms with Crippen LogP contribution in [0.2, 0.25) is 10.0 Å². The normalized spacial score (nSPS) is 13.0. The highest BCUT2D eigenvalue weighted by atomic mass is 35.5. The van der Waals surface area contributed by atoms with Gasteiger partial charge in [-0.3, -0.25) is 4.79 Å². The number of rotatable bonds is 7. The lowest BCUT2D eigenvalue weighted by atomic mass is 10.1. The molecule has 124 valence electrons. The van der Waals surface area contributed by atoms with Gasteiger partial charge in [0.1, 0.15) is 0 Å². The molecule has 7 heteroatoms. The Kier molecular flexibility index (Phi) is 7.42. The van der Waals surface area contributed by atoms with Crippen molar-refractivity contribution in [3.8, 4) is 0 Å². The summed E-state index contributed by atoms with van der Waals surface area (Å²) in [5.74, 6) is 0.0168. The fourth-order valence-corrected chi connectivity index (χ4v) is 2.35. The Balaban J connectivity index is 2.82. The molecule has 0 radical (unpaired) electrons. The Morgan fingerprint density at radius 3 is 2.27 bits per heavy atom. The molecule has 4 nitrogen and oxygen atoms in total. The Bertz CT molecular complexity index is 507. The minimum Gasteiger partial charge on any atom is -0.390 e. The molecule has 0 bridgehead atoms. The van der Waals surface area contributed by atoms with E-state index in [1.165, 1.54) is 0 Å². The lowest BCUT2D eigenvalue weighted by Gasteiger charge is -2.20. The van der Waals surface area contributed by atoms with Crippen LogP contribution in [0.4, 0.5) is 5.69 Å². The number of aliphatic hydroxyl groups excluding tert-OH is 1. The van der Waals surface area contributed by atoms with Crippen LogP contribution in [-0.2, 0) is 0 Å². The van der Waals surface area contributed by atoms with Crippen LogP contribution in [0.15, 0.2) is 12.1 Å². The van der Waals surface area contributed by atoms with Crippen molar-refractivity contribution in [2.24, 2.45) is 0 Å². The fraction of sp³-hybridized carbons (Fsp3) is 0.533. The van der Waals surface area contributed by atoms with Crippen molar-refractivity contribution in [1.82, 2.24) is 5.32 Å². The van der Waals surface area contributed by atoms with E-state index in [0.717, 1.165) is 0 Å². The highest BCUT2D eigenvalue weighted by Crippen LogP contribution is 2.32. The lowest BCUT2D eigenvalue weighted by molar-refractivity contribution is 0.0982. The average molecular weight is 368 g/mol. The fourth-order valence-electron chi connectivity index (χ4n) is 1.62. The lowest BCUT2D eigenvalue weighted by Crippen LogP contribution is -2.39. The van der Waals surface area contributed by atoms with Gasteiger partial charge in [0.25, 0.3) is 0 Å². The predicted octanol–water partition coefficient (Wildman–Crippen LogP) is 3.58. The molecule has 0 saturated carbocycles. The van der Waals surface area contributed by atoms with Gasteiger partial charge < -0.3 is 15.7 Å². The summed E-state index contributed by atoms with van der Waals surface area (Å²) in [4.78, 5) is 12.2. The highest BCUT2D eigenvalue weighted by molar-refractivity contribution is 6.39. The van der Waals surface area contributed by atoms with Crippen LogP contribution in [0.5, 0.6) is 0 Å². The number of aliphatic hydroxyl groups is 1. The molecule has 22 heavy (non-hydrogen) atoms. The molecule has 0 heterocycles. The first kappa shape index (κ1) is 19.5. The summed E-state index contributed by atoms with van der Waals surface area (Å²) in [6, 6.07) is 3.13. The molecule has 0 aliphatic rings. The van der Waals surface area contributed by atoms with E-state index in [1.54, 1.807) is 12.1 Å². The summed E-state index contributed by atoms with van der Waals surface area (Å²) in [6.07, 6.45) is -0.703. The first-order valence-corrected chi connectivity index (χ1v) is 8.18. The van der Waals surface area contributed by atoms with E-state index >= 15 is 0 Å². The molecule has 3 N–H and O–H groups in total. The number of nitrogens with one attached hydrogen (secondary N) is 2. The summed E-state index contributed by atoms with van der Waals surface area (Å²) in [7, 11) is 0. The third-order valence-corrected chi connectivity index (χ3v) is 3.79. The van der Waals surface area contributed by atoms with Crippen molar-refractivity contribution >= 4 is 46.3 Å². The first-order valence-electron chi connectivity index (χ1n) is 6.89. The second kappa shape index (κ2) is 8.37. The smallest absolute Gasteiger partial charge is 0.176 e. The Labute approximate surface area is 146 Å². The molecule has 1 unspecified atom stereocenters. The molecular weight excluding hydrogens is 347 g/mol. The first-order chi connectivity index (χ1) is 10.1. The number of halogens is 3. The highest BCUT2D eigenvalue weighted by Gasteiger charge is 2.16. The van der Waals surface area contributed by atoms with Crippen molar-refractivity contribution in [2.75, 3.05) is 24.3 Å². The molecule has 0 aliphatic heterocycles. The zero-order valence-electron chi connectivity index (χ0n) is 12.8. The zero-order chi connectivity index (χ0) is 16.9. The third kappa shape index (κ3) is 6.31. The van der Waals surface area contributed by atoms with Crippen LogP contribution < -0.4 is 10.6 Å².